The molecule has 3 rings (SSSR count). The SMILES string of the molecule is CCCCN(CC)Cc1cccc(C=NNc2nc(-c3ccccc3)cs2)c1. The minimum Gasteiger partial charge on any atom is -0.299 e. The van der Waals surface area contributed by atoms with Crippen molar-refractivity contribution in [1.82, 2.24) is 9.88 Å². The van der Waals surface area contributed by atoms with Gasteiger partial charge in [0.15, 0.2) is 0 Å². The highest BCUT2D eigenvalue weighted by atomic mass is 32.1. The molecule has 2 aromatic carbocycles. The Balaban J connectivity index is 1.58. The van der Waals surface area contributed by atoms with Crippen molar-refractivity contribution in [3.63, 3.8) is 0 Å². The number of benzene rings is 2. The summed E-state index contributed by atoms with van der Waals surface area (Å²) in [6.45, 7) is 7.68. The number of aromatic nitrogens is 1. The van der Waals surface area contributed by atoms with Gasteiger partial charge in [-0.15, -0.1) is 11.3 Å². The molecule has 0 amide bonds. The molecule has 0 aliphatic rings. The summed E-state index contributed by atoms with van der Waals surface area (Å²) in [4.78, 5) is 7.08. The molecule has 0 radical (unpaired) electrons. The molecule has 0 fully saturated rings. The second-order valence-corrected chi connectivity index (χ2v) is 7.60. The predicted octanol–water partition coefficient (Wildman–Crippen LogP) is 5.88. The van der Waals surface area contributed by atoms with Gasteiger partial charge in [0.2, 0.25) is 5.13 Å². The molecule has 0 aliphatic carbocycles. The van der Waals surface area contributed by atoms with E-state index >= 15 is 0 Å². The Morgan fingerprint density at radius 2 is 1.96 bits per heavy atom. The Labute approximate surface area is 172 Å². The van der Waals surface area contributed by atoms with Gasteiger partial charge in [-0.3, -0.25) is 10.3 Å². The molecular weight excluding hydrogens is 364 g/mol. The van der Waals surface area contributed by atoms with Gasteiger partial charge in [-0.2, -0.15) is 5.10 Å². The number of nitrogens with zero attached hydrogens (tertiary/aromatic N) is 3. The van der Waals surface area contributed by atoms with Gasteiger partial charge >= 0.3 is 0 Å². The lowest BCUT2D eigenvalue weighted by molar-refractivity contribution is 0.275. The smallest absolute Gasteiger partial charge is 0.203 e. The average molecular weight is 393 g/mol. The van der Waals surface area contributed by atoms with E-state index in [9.17, 15) is 0 Å². The van der Waals surface area contributed by atoms with Crippen molar-refractivity contribution in [3.05, 3.63) is 71.1 Å². The summed E-state index contributed by atoms with van der Waals surface area (Å²) in [6, 6.07) is 18.8. The lowest BCUT2D eigenvalue weighted by atomic mass is 10.1. The number of hydrogen-bond donors (Lipinski definition) is 1. The van der Waals surface area contributed by atoms with Gasteiger partial charge < -0.3 is 0 Å². The third-order valence-electron chi connectivity index (χ3n) is 4.58. The standard InChI is InChI=1S/C23H28N4S/c1-3-5-14-27(4-2)17-20-11-9-10-19(15-20)16-24-26-23-25-22(18-28-23)21-12-7-6-8-13-21/h6-13,15-16,18H,3-5,14,17H2,1-2H3,(H,25,26). The highest BCUT2D eigenvalue weighted by molar-refractivity contribution is 7.14. The van der Waals surface area contributed by atoms with Crippen LogP contribution in [0.3, 0.4) is 0 Å². The molecule has 0 aliphatic heterocycles. The predicted molar refractivity (Wildman–Crippen MR) is 121 cm³/mol. The molecule has 0 unspecified atom stereocenters. The van der Waals surface area contributed by atoms with E-state index in [2.05, 4.69) is 70.7 Å². The normalized spacial score (nSPS) is 11.4. The van der Waals surface area contributed by atoms with E-state index in [0.717, 1.165) is 41.6 Å². The maximum atomic E-state index is 4.60. The molecular formula is C23H28N4S. The molecule has 0 saturated carbocycles. The van der Waals surface area contributed by atoms with Crippen LogP contribution < -0.4 is 5.43 Å². The van der Waals surface area contributed by atoms with Crippen LogP contribution >= 0.6 is 11.3 Å². The van der Waals surface area contributed by atoms with Gasteiger partial charge in [-0.05, 0) is 36.7 Å². The van der Waals surface area contributed by atoms with Crippen molar-refractivity contribution in [2.45, 2.75) is 33.2 Å². The number of nitrogens with one attached hydrogen (secondary N) is 1. The van der Waals surface area contributed by atoms with Crippen molar-refractivity contribution in [2.75, 3.05) is 18.5 Å². The molecule has 1 aromatic heterocycles. The number of hydrogen-bond acceptors (Lipinski definition) is 5. The number of thiazole rings is 1. The van der Waals surface area contributed by atoms with Crippen molar-refractivity contribution in [2.24, 2.45) is 5.10 Å². The summed E-state index contributed by atoms with van der Waals surface area (Å²) in [7, 11) is 0. The summed E-state index contributed by atoms with van der Waals surface area (Å²) in [5, 5.41) is 7.21. The first-order valence-electron chi connectivity index (χ1n) is 9.89. The van der Waals surface area contributed by atoms with Crippen LogP contribution in [0.25, 0.3) is 11.3 Å². The number of rotatable bonds is 10. The second kappa shape index (κ2) is 10.7. The highest BCUT2D eigenvalue weighted by Crippen LogP contribution is 2.24. The maximum Gasteiger partial charge on any atom is 0.203 e. The summed E-state index contributed by atoms with van der Waals surface area (Å²) in [5.41, 5.74) is 7.55. The lowest BCUT2D eigenvalue weighted by Gasteiger charge is -2.20. The average Bonchev–Trinajstić information content (AvgIpc) is 3.21. The van der Waals surface area contributed by atoms with Crippen LogP contribution in [0.15, 0.2) is 65.1 Å². The van der Waals surface area contributed by atoms with E-state index in [1.165, 1.54) is 18.4 Å². The topological polar surface area (TPSA) is 40.5 Å². The summed E-state index contributed by atoms with van der Waals surface area (Å²) in [5.74, 6) is 0. The van der Waals surface area contributed by atoms with E-state index in [1.807, 2.05) is 29.8 Å². The Morgan fingerprint density at radius 3 is 2.75 bits per heavy atom. The van der Waals surface area contributed by atoms with Crippen molar-refractivity contribution >= 4 is 22.7 Å². The van der Waals surface area contributed by atoms with E-state index in [4.69, 9.17) is 0 Å². The van der Waals surface area contributed by atoms with Crippen LogP contribution in [0.1, 0.15) is 37.8 Å². The maximum absolute atomic E-state index is 4.60. The zero-order chi connectivity index (χ0) is 19.6. The van der Waals surface area contributed by atoms with Gasteiger partial charge in [-0.25, -0.2) is 4.98 Å². The molecule has 1 N–H and O–H groups in total. The third kappa shape index (κ3) is 6.01. The van der Waals surface area contributed by atoms with Crippen LogP contribution in [0.2, 0.25) is 0 Å². The van der Waals surface area contributed by atoms with Gasteiger partial charge in [-0.1, -0.05) is 68.8 Å². The minimum absolute atomic E-state index is 0.794. The van der Waals surface area contributed by atoms with Gasteiger partial charge in [0.05, 0.1) is 11.9 Å². The number of hydrazone groups is 1. The largest absolute Gasteiger partial charge is 0.299 e. The molecule has 146 valence electrons. The van der Waals surface area contributed by atoms with Crippen LogP contribution in [0.4, 0.5) is 5.13 Å². The first-order chi connectivity index (χ1) is 13.8. The fourth-order valence-corrected chi connectivity index (χ4v) is 3.66. The molecule has 28 heavy (non-hydrogen) atoms. The van der Waals surface area contributed by atoms with E-state index in [-0.39, 0.29) is 0 Å². The molecule has 3 aromatic rings. The summed E-state index contributed by atoms with van der Waals surface area (Å²) >= 11 is 1.56. The molecule has 4 nitrogen and oxygen atoms in total. The Morgan fingerprint density at radius 1 is 1.11 bits per heavy atom. The lowest BCUT2D eigenvalue weighted by Crippen LogP contribution is -2.23. The van der Waals surface area contributed by atoms with Gasteiger partial charge in [0.1, 0.15) is 0 Å². The van der Waals surface area contributed by atoms with Crippen LogP contribution in [0.5, 0.6) is 0 Å². The Hall–Kier alpha value is -2.50. The van der Waals surface area contributed by atoms with Crippen LogP contribution in [0, 0.1) is 0 Å². The van der Waals surface area contributed by atoms with Crippen molar-refractivity contribution in [3.8, 4) is 11.3 Å². The zero-order valence-corrected chi connectivity index (χ0v) is 17.5. The first-order valence-corrected chi connectivity index (χ1v) is 10.8. The molecule has 0 atom stereocenters. The fraction of sp³-hybridized carbons (Fsp3) is 0.304. The van der Waals surface area contributed by atoms with E-state index < -0.39 is 0 Å². The molecule has 0 bridgehead atoms. The van der Waals surface area contributed by atoms with Crippen LogP contribution in [-0.4, -0.2) is 29.2 Å². The van der Waals surface area contributed by atoms with Crippen molar-refractivity contribution < 1.29 is 0 Å². The zero-order valence-electron chi connectivity index (χ0n) is 16.6. The Bertz CT molecular complexity index is 873. The van der Waals surface area contributed by atoms with E-state index in [0.29, 0.717) is 0 Å². The quantitative estimate of drug-likeness (QED) is 0.346. The van der Waals surface area contributed by atoms with Gasteiger partial charge in [0, 0.05) is 17.5 Å². The molecule has 0 saturated heterocycles. The molecule has 5 heteroatoms. The minimum atomic E-state index is 0.794. The first kappa shape index (κ1) is 20.2. The van der Waals surface area contributed by atoms with Crippen LogP contribution in [-0.2, 0) is 6.54 Å². The van der Waals surface area contributed by atoms with E-state index in [1.54, 1.807) is 11.3 Å². The van der Waals surface area contributed by atoms with Crippen molar-refractivity contribution in [1.29, 1.82) is 0 Å². The molecule has 1 heterocycles. The summed E-state index contributed by atoms with van der Waals surface area (Å²) < 4.78 is 0. The second-order valence-electron chi connectivity index (χ2n) is 6.74. The number of unbranched alkanes of at least 4 members (excludes halogenated alkanes) is 1. The van der Waals surface area contributed by atoms with Gasteiger partial charge in [0.25, 0.3) is 0 Å². The third-order valence-corrected chi connectivity index (χ3v) is 5.33. The molecule has 0 spiro atoms. The number of anilines is 1. The monoisotopic (exact) mass is 392 g/mol. The fourth-order valence-electron chi connectivity index (χ4n) is 2.99. The summed E-state index contributed by atoms with van der Waals surface area (Å²) in [6.07, 6.45) is 4.34. The highest BCUT2D eigenvalue weighted by Gasteiger charge is 2.04. The Kier molecular flexibility index (Phi) is 7.76.